The third-order valence-corrected chi connectivity index (χ3v) is 5.65. The predicted molar refractivity (Wildman–Crippen MR) is 122 cm³/mol. The van der Waals surface area contributed by atoms with Crippen molar-refractivity contribution >= 4 is 22.6 Å². The minimum Gasteiger partial charge on any atom is -0.352 e. The Labute approximate surface area is 182 Å². The van der Waals surface area contributed by atoms with E-state index >= 15 is 0 Å². The van der Waals surface area contributed by atoms with E-state index in [9.17, 15) is 4.79 Å². The normalized spacial score (nSPS) is 10.7. The summed E-state index contributed by atoms with van der Waals surface area (Å²) in [6.45, 7) is 6.30. The van der Waals surface area contributed by atoms with Crippen LogP contribution in [0, 0.1) is 6.92 Å². The van der Waals surface area contributed by atoms with Crippen molar-refractivity contribution in [3.63, 3.8) is 0 Å². The monoisotopic (exact) mass is 423 g/mol. The van der Waals surface area contributed by atoms with Gasteiger partial charge >= 0.3 is 0 Å². The van der Waals surface area contributed by atoms with E-state index in [-0.39, 0.29) is 5.91 Å². The average molecular weight is 424 g/mol. The maximum absolute atomic E-state index is 12.3. The average Bonchev–Trinajstić information content (AvgIpc) is 3.23. The number of rotatable bonds is 11. The lowest BCUT2D eigenvalue weighted by molar-refractivity contribution is -0.121. The van der Waals surface area contributed by atoms with Crippen LogP contribution in [-0.4, -0.2) is 33.3 Å². The number of pyridine rings is 1. The lowest BCUT2D eigenvalue weighted by atomic mass is 10.1. The zero-order valence-corrected chi connectivity index (χ0v) is 18.5. The van der Waals surface area contributed by atoms with Gasteiger partial charge in [-0.1, -0.05) is 43.2 Å². The molecular weight excluding hydrogens is 394 g/mol. The van der Waals surface area contributed by atoms with E-state index in [2.05, 4.69) is 57.7 Å². The Morgan fingerprint density at radius 3 is 2.57 bits per heavy atom. The van der Waals surface area contributed by atoms with Gasteiger partial charge in [-0.15, -0.1) is 0 Å². The molecule has 0 bridgehead atoms. The van der Waals surface area contributed by atoms with Gasteiger partial charge in [0.05, 0.1) is 0 Å². The second-order valence-corrected chi connectivity index (χ2v) is 8.11. The van der Waals surface area contributed by atoms with Crippen molar-refractivity contribution in [2.24, 2.45) is 0 Å². The van der Waals surface area contributed by atoms with Gasteiger partial charge in [0.25, 0.3) is 0 Å². The Kier molecular flexibility index (Phi) is 8.32. The van der Waals surface area contributed by atoms with Crippen LogP contribution in [-0.2, 0) is 17.8 Å². The molecule has 0 atom stereocenters. The van der Waals surface area contributed by atoms with E-state index in [1.54, 1.807) is 12.4 Å². The molecule has 0 saturated heterocycles. The van der Waals surface area contributed by atoms with Gasteiger partial charge in [-0.05, 0) is 36.6 Å². The molecule has 1 amide bonds. The summed E-state index contributed by atoms with van der Waals surface area (Å²) in [5.41, 5.74) is 3.50. The van der Waals surface area contributed by atoms with Gasteiger partial charge in [0.1, 0.15) is 5.82 Å². The van der Waals surface area contributed by atoms with Crippen molar-refractivity contribution in [3.8, 4) is 0 Å². The number of aryl methyl sites for hydroxylation is 1. The van der Waals surface area contributed by atoms with E-state index in [0.29, 0.717) is 19.5 Å². The summed E-state index contributed by atoms with van der Waals surface area (Å²) in [6, 6.07) is 12.3. The molecule has 3 aromatic rings. The number of hydrogen-bond donors (Lipinski definition) is 1. The van der Waals surface area contributed by atoms with Gasteiger partial charge in [0.2, 0.25) is 11.0 Å². The fraction of sp³-hybridized carbons (Fsp3) is 0.391. The molecule has 3 rings (SSSR count). The number of nitrogens with zero attached hydrogens (tertiary/aromatic N) is 4. The lowest BCUT2D eigenvalue weighted by Gasteiger charge is -2.20. The van der Waals surface area contributed by atoms with Crippen molar-refractivity contribution in [1.29, 1.82) is 0 Å². The predicted octanol–water partition coefficient (Wildman–Crippen LogP) is 4.15. The molecule has 2 heterocycles. The summed E-state index contributed by atoms with van der Waals surface area (Å²) in [5, 5.41) is 3.87. The molecule has 0 aliphatic rings. The van der Waals surface area contributed by atoms with Crippen molar-refractivity contribution in [3.05, 3.63) is 71.3 Å². The summed E-state index contributed by atoms with van der Waals surface area (Å²) in [4.78, 5) is 23.2. The first kappa shape index (κ1) is 21.9. The highest BCUT2D eigenvalue weighted by atomic mass is 32.1. The van der Waals surface area contributed by atoms with Crippen molar-refractivity contribution < 1.29 is 4.79 Å². The molecule has 0 saturated carbocycles. The van der Waals surface area contributed by atoms with Gasteiger partial charge in [-0.25, -0.2) is 4.98 Å². The van der Waals surface area contributed by atoms with E-state index in [0.717, 1.165) is 42.3 Å². The zero-order valence-electron chi connectivity index (χ0n) is 17.7. The number of nitrogens with one attached hydrogen (secondary N) is 1. The van der Waals surface area contributed by atoms with E-state index < -0.39 is 0 Å². The van der Waals surface area contributed by atoms with Crippen molar-refractivity contribution in [1.82, 2.24) is 19.7 Å². The maximum atomic E-state index is 12.3. The lowest BCUT2D eigenvalue weighted by Crippen LogP contribution is -2.31. The van der Waals surface area contributed by atoms with Crippen LogP contribution in [0.2, 0.25) is 0 Å². The number of carbonyl (C=O) groups excluding carboxylic acids is 1. The van der Waals surface area contributed by atoms with Crippen LogP contribution < -0.4 is 10.2 Å². The Morgan fingerprint density at radius 1 is 1.07 bits per heavy atom. The van der Waals surface area contributed by atoms with Crippen LogP contribution in [0.25, 0.3) is 0 Å². The molecule has 1 N–H and O–H groups in total. The molecule has 0 radical (unpaired) electrons. The SMILES string of the molecule is CCCCN(CCC(=O)NCc1ccncc1)c1nc(Cc2ccc(C)cc2)ns1. The second-order valence-electron chi connectivity index (χ2n) is 7.38. The largest absolute Gasteiger partial charge is 0.352 e. The Morgan fingerprint density at radius 2 is 1.83 bits per heavy atom. The number of carbonyl (C=O) groups is 1. The maximum Gasteiger partial charge on any atom is 0.222 e. The van der Waals surface area contributed by atoms with Crippen LogP contribution in [0.4, 0.5) is 5.13 Å². The summed E-state index contributed by atoms with van der Waals surface area (Å²) >= 11 is 1.42. The van der Waals surface area contributed by atoms with Gasteiger partial charge in [-0.2, -0.15) is 4.37 Å². The first-order valence-electron chi connectivity index (χ1n) is 10.4. The van der Waals surface area contributed by atoms with Crippen molar-refractivity contribution in [2.75, 3.05) is 18.0 Å². The Hall–Kier alpha value is -2.80. The summed E-state index contributed by atoms with van der Waals surface area (Å²) < 4.78 is 4.55. The molecule has 0 unspecified atom stereocenters. The first-order valence-corrected chi connectivity index (χ1v) is 11.2. The molecule has 158 valence electrons. The Balaban J connectivity index is 1.55. The topological polar surface area (TPSA) is 71.0 Å². The summed E-state index contributed by atoms with van der Waals surface area (Å²) in [7, 11) is 0. The summed E-state index contributed by atoms with van der Waals surface area (Å²) in [6.07, 6.45) is 6.78. The minimum absolute atomic E-state index is 0.0395. The van der Waals surface area contributed by atoms with Crippen LogP contribution in [0.3, 0.4) is 0 Å². The molecule has 6 nitrogen and oxygen atoms in total. The van der Waals surface area contributed by atoms with Gasteiger partial charge < -0.3 is 10.2 Å². The third kappa shape index (κ3) is 6.91. The van der Waals surface area contributed by atoms with Gasteiger partial charge in [0, 0.05) is 56.4 Å². The number of amides is 1. The molecule has 7 heteroatoms. The Bertz CT molecular complexity index is 911. The number of anilines is 1. The van der Waals surface area contributed by atoms with Crippen LogP contribution >= 0.6 is 11.5 Å². The molecule has 30 heavy (non-hydrogen) atoms. The molecule has 1 aromatic carbocycles. The molecule has 0 fully saturated rings. The highest BCUT2D eigenvalue weighted by Gasteiger charge is 2.14. The van der Waals surface area contributed by atoms with Crippen LogP contribution in [0.15, 0.2) is 48.8 Å². The van der Waals surface area contributed by atoms with E-state index in [1.165, 1.54) is 22.7 Å². The standard InChI is InChI=1S/C23H29N5OS/c1-3-4-14-28(15-11-22(29)25-17-20-9-12-24-13-10-20)23-26-21(27-30-23)16-19-7-5-18(2)6-8-19/h5-10,12-13H,3-4,11,14-17H2,1-2H3,(H,25,29). The quantitative estimate of drug-likeness (QED) is 0.502. The van der Waals surface area contributed by atoms with Crippen molar-refractivity contribution in [2.45, 2.75) is 46.1 Å². The number of benzene rings is 1. The highest BCUT2D eigenvalue weighted by Crippen LogP contribution is 2.20. The fourth-order valence-corrected chi connectivity index (χ4v) is 3.75. The molecule has 0 spiro atoms. The number of unbranched alkanes of at least 4 members (excludes halogenated alkanes) is 1. The first-order chi connectivity index (χ1) is 14.6. The highest BCUT2D eigenvalue weighted by molar-refractivity contribution is 7.09. The summed E-state index contributed by atoms with van der Waals surface area (Å²) in [5.74, 6) is 0.875. The van der Waals surface area contributed by atoms with E-state index in [1.807, 2.05) is 12.1 Å². The molecule has 2 aromatic heterocycles. The second kappa shape index (κ2) is 11.4. The zero-order chi connectivity index (χ0) is 21.2. The fourth-order valence-electron chi connectivity index (χ4n) is 3.01. The van der Waals surface area contributed by atoms with Crippen LogP contribution in [0.5, 0.6) is 0 Å². The molecular formula is C23H29N5OS. The van der Waals surface area contributed by atoms with E-state index in [4.69, 9.17) is 4.98 Å². The van der Waals surface area contributed by atoms with Gasteiger partial charge in [-0.3, -0.25) is 9.78 Å². The number of hydrogen-bond acceptors (Lipinski definition) is 6. The van der Waals surface area contributed by atoms with Crippen LogP contribution in [0.1, 0.15) is 48.7 Å². The smallest absolute Gasteiger partial charge is 0.222 e. The minimum atomic E-state index is 0.0395. The number of aromatic nitrogens is 3. The molecule has 0 aliphatic heterocycles. The molecule has 0 aliphatic carbocycles. The van der Waals surface area contributed by atoms with Gasteiger partial charge in [0.15, 0.2) is 0 Å². The third-order valence-electron chi connectivity index (χ3n) is 4.84.